The average Bonchev–Trinajstić information content (AvgIpc) is 2.73. The van der Waals surface area contributed by atoms with Crippen molar-refractivity contribution in [1.29, 1.82) is 0 Å². The van der Waals surface area contributed by atoms with Crippen molar-refractivity contribution in [3.05, 3.63) is 0 Å². The van der Waals surface area contributed by atoms with Gasteiger partial charge in [0.1, 0.15) is 0 Å². The van der Waals surface area contributed by atoms with Crippen molar-refractivity contribution >= 4 is 5.91 Å². The second kappa shape index (κ2) is 5.77. The van der Waals surface area contributed by atoms with Crippen molar-refractivity contribution < 1.29 is 19.7 Å². The maximum Gasteiger partial charge on any atom is 0.225 e. The number of nitrogens with zero attached hydrogens (tertiary/aromatic N) is 1. The first kappa shape index (κ1) is 14.8. The molecule has 1 amide bonds. The van der Waals surface area contributed by atoms with Crippen LogP contribution in [0, 0.1) is 5.92 Å². The fourth-order valence-corrected chi connectivity index (χ4v) is 3.18. The van der Waals surface area contributed by atoms with Crippen LogP contribution in [0.3, 0.4) is 0 Å². The van der Waals surface area contributed by atoms with Gasteiger partial charge < -0.3 is 19.8 Å². The summed E-state index contributed by atoms with van der Waals surface area (Å²) in [7, 11) is 0. The minimum atomic E-state index is -0.992. The molecule has 0 unspecified atom stereocenters. The summed E-state index contributed by atoms with van der Waals surface area (Å²) < 4.78 is 5.49. The number of carbonyl (C=O) groups is 1. The fourth-order valence-electron chi connectivity index (χ4n) is 3.18. The van der Waals surface area contributed by atoms with Crippen LogP contribution in [0.25, 0.3) is 0 Å². The number of hydrogen-bond donors (Lipinski definition) is 2. The third kappa shape index (κ3) is 3.68. The van der Waals surface area contributed by atoms with Gasteiger partial charge in [-0.3, -0.25) is 4.79 Å². The predicted molar refractivity (Wildman–Crippen MR) is 70.6 cm³/mol. The summed E-state index contributed by atoms with van der Waals surface area (Å²) in [5.41, 5.74) is -0.992. The van der Waals surface area contributed by atoms with Crippen molar-refractivity contribution in [2.24, 2.45) is 5.92 Å². The lowest BCUT2D eigenvalue weighted by molar-refractivity contribution is -0.147. The Bertz CT molecular complexity index is 326. The lowest BCUT2D eigenvalue weighted by Gasteiger charge is -2.41. The van der Waals surface area contributed by atoms with Gasteiger partial charge >= 0.3 is 0 Å². The van der Waals surface area contributed by atoms with Crippen LogP contribution < -0.4 is 0 Å². The molecule has 1 heterocycles. The molecular weight excluding hydrogens is 246 g/mol. The Morgan fingerprint density at radius 2 is 2.16 bits per heavy atom. The number of carbonyl (C=O) groups excluding carboxylic acids is 1. The normalized spacial score (nSPS) is 32.6. The zero-order valence-corrected chi connectivity index (χ0v) is 11.8. The second-order valence-electron chi connectivity index (χ2n) is 6.38. The zero-order chi connectivity index (χ0) is 14.0. The highest BCUT2D eigenvalue weighted by molar-refractivity contribution is 5.77. The summed E-state index contributed by atoms with van der Waals surface area (Å²) in [5.74, 6) is 0.0750. The first-order chi connectivity index (χ1) is 8.88. The van der Waals surface area contributed by atoms with E-state index in [-0.39, 0.29) is 30.4 Å². The molecule has 1 saturated heterocycles. The van der Waals surface area contributed by atoms with Gasteiger partial charge in [0.25, 0.3) is 0 Å². The van der Waals surface area contributed by atoms with Crippen LogP contribution in [0.15, 0.2) is 0 Å². The molecule has 0 spiro atoms. The molecule has 2 rings (SSSR count). The van der Waals surface area contributed by atoms with E-state index < -0.39 is 5.60 Å². The molecule has 2 N–H and O–H groups in total. The van der Waals surface area contributed by atoms with Crippen molar-refractivity contribution in [2.75, 3.05) is 19.8 Å². The molecule has 110 valence electrons. The summed E-state index contributed by atoms with van der Waals surface area (Å²) in [6.45, 7) is 4.88. The number of aliphatic hydroxyl groups is 2. The van der Waals surface area contributed by atoms with Crippen LogP contribution in [0.4, 0.5) is 0 Å². The van der Waals surface area contributed by atoms with E-state index in [4.69, 9.17) is 4.74 Å². The van der Waals surface area contributed by atoms with Gasteiger partial charge in [-0.2, -0.15) is 0 Å². The molecule has 1 aliphatic heterocycles. The number of aliphatic hydroxyl groups excluding tert-OH is 1. The van der Waals surface area contributed by atoms with Gasteiger partial charge in [-0.05, 0) is 26.7 Å². The quantitative estimate of drug-likeness (QED) is 0.786. The minimum Gasteiger partial charge on any atom is -0.393 e. The van der Waals surface area contributed by atoms with Crippen molar-refractivity contribution in [2.45, 2.75) is 57.3 Å². The first-order valence-electron chi connectivity index (χ1n) is 7.16. The highest BCUT2D eigenvalue weighted by Crippen LogP contribution is 2.32. The van der Waals surface area contributed by atoms with E-state index in [0.29, 0.717) is 19.8 Å². The Morgan fingerprint density at radius 3 is 2.74 bits per heavy atom. The van der Waals surface area contributed by atoms with Gasteiger partial charge in [0, 0.05) is 12.5 Å². The van der Waals surface area contributed by atoms with Crippen molar-refractivity contribution in [3.8, 4) is 0 Å². The van der Waals surface area contributed by atoms with E-state index in [0.717, 1.165) is 19.3 Å². The molecule has 0 radical (unpaired) electrons. The molecule has 0 aromatic heterocycles. The van der Waals surface area contributed by atoms with E-state index in [9.17, 15) is 15.0 Å². The molecule has 3 atom stereocenters. The number of rotatable bonds is 3. The Morgan fingerprint density at radius 1 is 1.42 bits per heavy atom. The predicted octanol–water partition coefficient (Wildman–Crippen LogP) is 0.536. The van der Waals surface area contributed by atoms with Crippen LogP contribution in [0.5, 0.6) is 0 Å². The smallest absolute Gasteiger partial charge is 0.225 e. The van der Waals surface area contributed by atoms with Crippen LogP contribution >= 0.6 is 0 Å². The fraction of sp³-hybridized carbons (Fsp3) is 0.929. The highest BCUT2D eigenvalue weighted by atomic mass is 16.5. The number of amides is 1. The molecule has 19 heavy (non-hydrogen) atoms. The van der Waals surface area contributed by atoms with Gasteiger partial charge in [0.05, 0.1) is 37.4 Å². The Balaban J connectivity index is 2.05. The average molecular weight is 271 g/mol. The van der Waals surface area contributed by atoms with E-state index in [1.807, 2.05) is 0 Å². The Labute approximate surface area is 114 Å². The minimum absolute atomic E-state index is 0.0406. The number of hydrogen-bond acceptors (Lipinski definition) is 4. The maximum absolute atomic E-state index is 12.3. The summed E-state index contributed by atoms with van der Waals surface area (Å²) in [6, 6.07) is -0.0406. The maximum atomic E-state index is 12.3. The highest BCUT2D eigenvalue weighted by Gasteiger charge is 2.40. The number of morpholine rings is 1. The van der Waals surface area contributed by atoms with Crippen LogP contribution in [0.1, 0.15) is 39.5 Å². The summed E-state index contributed by atoms with van der Waals surface area (Å²) in [6.07, 6.45) is 2.56. The molecule has 0 bridgehead atoms. The van der Waals surface area contributed by atoms with Gasteiger partial charge in [0.2, 0.25) is 5.91 Å². The standard InChI is InChI=1S/C14H25NO4/c1-14(2,18)8-13(17)15-6-7-19-9-11(15)10-4-3-5-12(10)16/h10-12,16,18H,3-9H2,1-2H3/t10-,11-,12-/m1/s1. The molecule has 5 nitrogen and oxygen atoms in total. The monoisotopic (exact) mass is 271 g/mol. The number of ether oxygens (including phenoxy) is 1. The van der Waals surface area contributed by atoms with Gasteiger partial charge in [-0.15, -0.1) is 0 Å². The van der Waals surface area contributed by atoms with E-state index in [2.05, 4.69) is 0 Å². The largest absolute Gasteiger partial charge is 0.393 e. The topological polar surface area (TPSA) is 70.0 Å². The SMILES string of the molecule is CC(C)(O)CC(=O)N1CCOC[C@@H]1[C@H]1CCC[C@H]1O. The second-order valence-corrected chi connectivity index (χ2v) is 6.38. The van der Waals surface area contributed by atoms with Gasteiger partial charge in [0.15, 0.2) is 0 Å². The summed E-state index contributed by atoms with van der Waals surface area (Å²) in [4.78, 5) is 14.1. The van der Waals surface area contributed by atoms with Gasteiger partial charge in [-0.1, -0.05) is 6.42 Å². The third-order valence-corrected chi connectivity index (χ3v) is 4.10. The van der Waals surface area contributed by atoms with Crippen LogP contribution in [-0.4, -0.2) is 58.5 Å². The lowest BCUT2D eigenvalue weighted by Crippen LogP contribution is -2.54. The molecule has 1 aliphatic carbocycles. The molecule has 5 heteroatoms. The first-order valence-corrected chi connectivity index (χ1v) is 7.16. The van der Waals surface area contributed by atoms with Crippen molar-refractivity contribution in [3.63, 3.8) is 0 Å². The van der Waals surface area contributed by atoms with E-state index in [1.54, 1.807) is 18.7 Å². The molecule has 2 aliphatic rings. The van der Waals surface area contributed by atoms with Crippen molar-refractivity contribution in [1.82, 2.24) is 4.90 Å². The third-order valence-electron chi connectivity index (χ3n) is 4.10. The Hall–Kier alpha value is -0.650. The van der Waals surface area contributed by atoms with Gasteiger partial charge in [-0.25, -0.2) is 0 Å². The molecule has 0 aromatic carbocycles. The molecular formula is C14H25NO4. The summed E-state index contributed by atoms with van der Waals surface area (Å²) >= 11 is 0. The molecule has 0 aromatic rings. The van der Waals surface area contributed by atoms with Crippen LogP contribution in [0.2, 0.25) is 0 Å². The van der Waals surface area contributed by atoms with E-state index in [1.165, 1.54) is 0 Å². The molecule has 2 fully saturated rings. The van der Waals surface area contributed by atoms with Crippen LogP contribution in [-0.2, 0) is 9.53 Å². The lowest BCUT2D eigenvalue weighted by atomic mass is 9.93. The zero-order valence-electron chi connectivity index (χ0n) is 11.8. The molecule has 1 saturated carbocycles. The Kier molecular flexibility index (Phi) is 4.48. The summed E-state index contributed by atoms with van der Waals surface area (Å²) in [5, 5.41) is 19.8. The van der Waals surface area contributed by atoms with E-state index >= 15 is 0 Å².